The molecule has 0 saturated heterocycles. The van der Waals surface area contributed by atoms with Gasteiger partial charge in [-0.3, -0.25) is 9.80 Å². The fraction of sp³-hybridized carbons (Fsp3) is 0.0769. The molecule has 0 radical (unpaired) electrons. The predicted octanol–water partition coefficient (Wildman–Crippen LogP) is 5.98. The molecule has 168 valence electrons. The van der Waals surface area contributed by atoms with Crippen LogP contribution in [0, 0.1) is 49.7 Å². The minimum atomic E-state index is -0.157. The quantitative estimate of drug-likeness (QED) is 0.292. The maximum absolute atomic E-state index is 9.67. The number of rotatable bonds is 2. The standard InChI is InChI=1S/C26H14N10/c1-15-5-9-17(10-6-15)35-23-24(32-20(14-28)19(13-27)31-23)36(18-11-7-16(2)8-12-18)26-25(35)33-21(29-3)22(30-4)34-26/h5-12H,1-2H3. The molecule has 0 N–H and O–H groups in total. The van der Waals surface area contributed by atoms with Crippen LogP contribution in [0.3, 0.4) is 0 Å². The van der Waals surface area contributed by atoms with E-state index in [1.807, 2.05) is 74.5 Å². The number of nitrogens with zero attached hydrogens (tertiary/aromatic N) is 10. The van der Waals surface area contributed by atoms with E-state index in [0.29, 0.717) is 11.4 Å². The molecule has 0 fully saturated rings. The number of fused-ring (bicyclic) bond motifs is 2. The topological polar surface area (TPSA) is 114 Å². The van der Waals surface area contributed by atoms with Gasteiger partial charge in [0.25, 0.3) is 11.6 Å². The van der Waals surface area contributed by atoms with Crippen LogP contribution in [-0.2, 0) is 0 Å². The first-order valence-electron chi connectivity index (χ1n) is 10.6. The molecule has 0 aliphatic carbocycles. The predicted molar refractivity (Wildman–Crippen MR) is 132 cm³/mol. The summed E-state index contributed by atoms with van der Waals surface area (Å²) in [5.41, 5.74) is 3.04. The van der Waals surface area contributed by atoms with Crippen LogP contribution < -0.4 is 9.80 Å². The van der Waals surface area contributed by atoms with Gasteiger partial charge in [-0.05, 0) is 38.1 Å². The number of nitriles is 2. The van der Waals surface area contributed by atoms with E-state index in [9.17, 15) is 10.5 Å². The van der Waals surface area contributed by atoms with Crippen molar-refractivity contribution in [1.82, 2.24) is 19.9 Å². The molecule has 0 unspecified atom stereocenters. The van der Waals surface area contributed by atoms with Crippen molar-refractivity contribution in [3.63, 3.8) is 0 Å². The van der Waals surface area contributed by atoms with Crippen LogP contribution in [0.1, 0.15) is 22.5 Å². The molecule has 0 bridgehead atoms. The molecule has 5 rings (SSSR count). The van der Waals surface area contributed by atoms with Crippen molar-refractivity contribution in [2.24, 2.45) is 0 Å². The van der Waals surface area contributed by atoms with Crippen molar-refractivity contribution < 1.29 is 0 Å². The van der Waals surface area contributed by atoms with Crippen LogP contribution in [-0.4, -0.2) is 19.9 Å². The van der Waals surface area contributed by atoms with E-state index < -0.39 is 0 Å². The van der Waals surface area contributed by atoms with Crippen LogP contribution in [0.15, 0.2) is 48.5 Å². The minimum Gasteiger partial charge on any atom is -0.370 e. The Labute approximate surface area is 206 Å². The number of hydrogen-bond acceptors (Lipinski definition) is 8. The van der Waals surface area contributed by atoms with Crippen LogP contribution in [0.5, 0.6) is 0 Å². The molecule has 2 aromatic carbocycles. The summed E-state index contributed by atoms with van der Waals surface area (Å²) in [5.74, 6) is 0.651. The van der Waals surface area contributed by atoms with Crippen molar-refractivity contribution in [3.8, 4) is 12.1 Å². The highest BCUT2D eigenvalue weighted by atomic mass is 15.4. The lowest BCUT2D eigenvalue weighted by atomic mass is 10.1. The highest BCUT2D eigenvalue weighted by Gasteiger charge is 2.42. The van der Waals surface area contributed by atoms with Crippen LogP contribution in [0.25, 0.3) is 9.69 Å². The summed E-state index contributed by atoms with van der Waals surface area (Å²) in [6, 6.07) is 18.9. The minimum absolute atomic E-state index is 0.142. The average molecular weight is 466 g/mol. The fourth-order valence-electron chi connectivity index (χ4n) is 3.80. The van der Waals surface area contributed by atoms with E-state index in [2.05, 4.69) is 29.6 Å². The molecule has 36 heavy (non-hydrogen) atoms. The largest absolute Gasteiger partial charge is 0.370 e. The summed E-state index contributed by atoms with van der Waals surface area (Å²) < 4.78 is 0. The number of anilines is 6. The van der Waals surface area contributed by atoms with Gasteiger partial charge in [-0.15, -0.1) is 9.97 Å². The number of aromatic nitrogens is 4. The first kappa shape index (κ1) is 22.0. The zero-order chi connectivity index (χ0) is 25.4. The van der Waals surface area contributed by atoms with E-state index in [1.54, 1.807) is 9.80 Å². The Hall–Kier alpha value is -5.84. The van der Waals surface area contributed by atoms with Crippen LogP contribution in [0.4, 0.5) is 46.3 Å². The lowest BCUT2D eigenvalue weighted by Crippen LogP contribution is -2.28. The van der Waals surface area contributed by atoms with E-state index in [-0.39, 0.29) is 46.3 Å². The molecule has 0 spiro atoms. The molecular weight excluding hydrogens is 452 g/mol. The van der Waals surface area contributed by atoms with Gasteiger partial charge in [0.2, 0.25) is 0 Å². The molecule has 1 aliphatic heterocycles. The third-order valence-electron chi connectivity index (χ3n) is 5.54. The summed E-state index contributed by atoms with van der Waals surface area (Å²) in [5, 5.41) is 19.3. The zero-order valence-electron chi connectivity index (χ0n) is 19.1. The van der Waals surface area contributed by atoms with Crippen molar-refractivity contribution in [3.05, 3.63) is 93.9 Å². The Morgan fingerprint density at radius 3 is 1.25 bits per heavy atom. The molecule has 3 heterocycles. The van der Waals surface area contributed by atoms with E-state index in [1.165, 1.54) is 0 Å². The molecule has 1 aliphatic rings. The Balaban J connectivity index is 1.92. The van der Waals surface area contributed by atoms with Gasteiger partial charge in [-0.1, -0.05) is 48.5 Å². The highest BCUT2D eigenvalue weighted by Crippen LogP contribution is 2.52. The van der Waals surface area contributed by atoms with Crippen LogP contribution in [0.2, 0.25) is 0 Å². The molecular formula is C26H14N10. The highest BCUT2D eigenvalue weighted by molar-refractivity contribution is 5.97. The fourth-order valence-corrected chi connectivity index (χ4v) is 3.80. The van der Waals surface area contributed by atoms with Crippen LogP contribution >= 0.6 is 0 Å². The molecule has 0 amide bonds. The van der Waals surface area contributed by atoms with Gasteiger partial charge in [0.05, 0.1) is 11.4 Å². The molecule has 4 aromatic rings. The van der Waals surface area contributed by atoms with Gasteiger partial charge < -0.3 is 9.69 Å². The maximum atomic E-state index is 9.67. The molecule has 10 nitrogen and oxygen atoms in total. The van der Waals surface area contributed by atoms with Crippen molar-refractivity contribution in [2.75, 3.05) is 9.80 Å². The summed E-state index contributed by atoms with van der Waals surface area (Å²) in [7, 11) is 0. The number of benzene rings is 2. The monoisotopic (exact) mass is 466 g/mol. The molecule has 0 saturated carbocycles. The second-order valence-electron chi connectivity index (χ2n) is 7.88. The summed E-state index contributed by atoms with van der Waals surface area (Å²) >= 11 is 0. The smallest absolute Gasteiger partial charge is 0.300 e. The van der Waals surface area contributed by atoms with Gasteiger partial charge >= 0.3 is 11.6 Å². The first-order chi connectivity index (χ1) is 17.5. The first-order valence-corrected chi connectivity index (χ1v) is 10.6. The summed E-state index contributed by atoms with van der Waals surface area (Å²) in [6.45, 7) is 19.0. The maximum Gasteiger partial charge on any atom is 0.300 e. The lowest BCUT2D eigenvalue weighted by Gasteiger charge is -2.33. The number of aryl methyl sites for hydroxylation is 2. The molecule has 10 heteroatoms. The normalized spacial score (nSPS) is 11.4. The third-order valence-corrected chi connectivity index (χ3v) is 5.54. The number of hydrogen-bond donors (Lipinski definition) is 0. The molecule has 0 atom stereocenters. The Bertz CT molecular complexity index is 1480. The lowest BCUT2D eigenvalue weighted by molar-refractivity contribution is 0.982. The SMILES string of the molecule is [C-]#[N+]c1nc2c(nc1[N+]#[C-])N(c1ccc(C)cc1)c1nc(C#N)c(C#N)nc1N2c1ccc(C)cc1. The molecule has 2 aromatic heterocycles. The second kappa shape index (κ2) is 8.50. The Morgan fingerprint density at radius 1 is 0.611 bits per heavy atom. The Kier molecular flexibility index (Phi) is 5.19. The van der Waals surface area contributed by atoms with Gasteiger partial charge in [-0.2, -0.15) is 10.5 Å². The Morgan fingerprint density at radius 2 is 0.944 bits per heavy atom. The van der Waals surface area contributed by atoms with E-state index >= 15 is 0 Å². The van der Waals surface area contributed by atoms with E-state index in [4.69, 9.17) is 13.1 Å². The van der Waals surface area contributed by atoms with Gasteiger partial charge in [-0.25, -0.2) is 9.97 Å². The second-order valence-corrected chi connectivity index (χ2v) is 7.88. The van der Waals surface area contributed by atoms with Crippen molar-refractivity contribution >= 4 is 46.3 Å². The van der Waals surface area contributed by atoms with E-state index in [0.717, 1.165) is 11.1 Å². The van der Waals surface area contributed by atoms with Gasteiger partial charge in [0.15, 0.2) is 23.0 Å². The van der Waals surface area contributed by atoms with Gasteiger partial charge in [0.1, 0.15) is 12.1 Å². The summed E-state index contributed by atoms with van der Waals surface area (Å²) in [4.78, 5) is 28.1. The average Bonchev–Trinajstić information content (AvgIpc) is 2.91. The summed E-state index contributed by atoms with van der Waals surface area (Å²) in [6.07, 6.45) is 0. The van der Waals surface area contributed by atoms with Crippen molar-refractivity contribution in [2.45, 2.75) is 13.8 Å². The third kappa shape index (κ3) is 3.40. The van der Waals surface area contributed by atoms with Crippen molar-refractivity contribution in [1.29, 1.82) is 10.5 Å². The zero-order valence-corrected chi connectivity index (χ0v) is 19.1. The van der Waals surface area contributed by atoms with Gasteiger partial charge in [0, 0.05) is 0 Å².